The molecule has 1 aromatic heterocycles. The summed E-state index contributed by atoms with van der Waals surface area (Å²) in [6, 6.07) is 5.69. The molecule has 0 fully saturated rings. The van der Waals surface area contributed by atoms with Crippen LogP contribution in [0.15, 0.2) is 24.5 Å². The van der Waals surface area contributed by atoms with Crippen molar-refractivity contribution in [2.24, 2.45) is 0 Å². The highest BCUT2D eigenvalue weighted by Gasteiger charge is 2.14. The van der Waals surface area contributed by atoms with E-state index in [9.17, 15) is 0 Å². The molecular formula is C16H20ClN3O. The quantitative estimate of drug-likeness (QED) is 0.846. The summed E-state index contributed by atoms with van der Waals surface area (Å²) in [6.45, 7) is 6.96. The predicted molar refractivity (Wildman–Crippen MR) is 86.5 cm³/mol. The Bertz CT molecular complexity index is 616. The number of ether oxygens (including phenoxy) is 1. The smallest absolute Gasteiger partial charge is 0.227 e. The van der Waals surface area contributed by atoms with Crippen molar-refractivity contribution in [2.45, 2.75) is 33.6 Å². The van der Waals surface area contributed by atoms with Crippen LogP contribution in [0.3, 0.4) is 0 Å². The van der Waals surface area contributed by atoms with Gasteiger partial charge >= 0.3 is 0 Å². The van der Waals surface area contributed by atoms with E-state index in [1.54, 1.807) is 0 Å². The third-order valence-electron chi connectivity index (χ3n) is 3.04. The van der Waals surface area contributed by atoms with E-state index in [1.807, 2.05) is 32.0 Å². The highest BCUT2D eigenvalue weighted by atomic mass is 35.5. The molecule has 21 heavy (non-hydrogen) atoms. The largest absolute Gasteiger partial charge is 0.437 e. The van der Waals surface area contributed by atoms with Gasteiger partial charge in [-0.3, -0.25) is 0 Å². The van der Waals surface area contributed by atoms with Crippen LogP contribution in [0.4, 0.5) is 5.82 Å². The number of aryl methyl sites for hydroxylation is 1. The average Bonchev–Trinajstić information content (AvgIpc) is 2.46. The first-order valence-corrected chi connectivity index (χ1v) is 7.55. The van der Waals surface area contributed by atoms with Crippen molar-refractivity contribution in [3.8, 4) is 11.6 Å². The Hall–Kier alpha value is -1.81. The summed E-state index contributed by atoms with van der Waals surface area (Å²) in [5, 5.41) is 3.82. The number of nitrogens with zero attached hydrogens (tertiary/aromatic N) is 2. The van der Waals surface area contributed by atoms with Crippen molar-refractivity contribution in [3.63, 3.8) is 0 Å². The summed E-state index contributed by atoms with van der Waals surface area (Å²) in [4.78, 5) is 8.57. The molecule has 0 atom stereocenters. The molecule has 0 radical (unpaired) electrons. The summed E-state index contributed by atoms with van der Waals surface area (Å²) in [5.41, 5.74) is 2.08. The molecule has 0 bridgehead atoms. The van der Waals surface area contributed by atoms with Crippen LogP contribution in [0.1, 0.15) is 31.4 Å². The molecule has 2 rings (SSSR count). The van der Waals surface area contributed by atoms with E-state index < -0.39 is 0 Å². The van der Waals surface area contributed by atoms with Crippen molar-refractivity contribution in [2.75, 3.05) is 11.9 Å². The van der Waals surface area contributed by atoms with E-state index in [0.29, 0.717) is 16.7 Å². The minimum absolute atomic E-state index is 0.565. The third-order valence-corrected chi connectivity index (χ3v) is 3.36. The van der Waals surface area contributed by atoms with Crippen LogP contribution in [0.5, 0.6) is 11.6 Å². The van der Waals surface area contributed by atoms with Crippen molar-refractivity contribution in [3.05, 3.63) is 40.7 Å². The number of rotatable bonds is 6. The van der Waals surface area contributed by atoms with E-state index in [-0.39, 0.29) is 0 Å². The topological polar surface area (TPSA) is 47.0 Å². The predicted octanol–water partition coefficient (Wildman–Crippen LogP) is 4.62. The van der Waals surface area contributed by atoms with Crippen LogP contribution in [0, 0.1) is 6.92 Å². The Balaban J connectivity index is 2.38. The van der Waals surface area contributed by atoms with Gasteiger partial charge in [0.15, 0.2) is 0 Å². The first kappa shape index (κ1) is 15.6. The molecule has 0 aliphatic carbocycles. The van der Waals surface area contributed by atoms with E-state index in [0.717, 1.165) is 36.3 Å². The Morgan fingerprint density at radius 3 is 2.76 bits per heavy atom. The van der Waals surface area contributed by atoms with Gasteiger partial charge in [-0.1, -0.05) is 31.0 Å². The van der Waals surface area contributed by atoms with Crippen LogP contribution in [-0.4, -0.2) is 16.5 Å². The fraction of sp³-hybridized carbons (Fsp3) is 0.375. The van der Waals surface area contributed by atoms with Crippen LogP contribution >= 0.6 is 11.6 Å². The summed E-state index contributed by atoms with van der Waals surface area (Å²) < 4.78 is 5.94. The molecule has 0 amide bonds. The lowest BCUT2D eigenvalue weighted by molar-refractivity contribution is 0.454. The van der Waals surface area contributed by atoms with Gasteiger partial charge in [0.25, 0.3) is 0 Å². The van der Waals surface area contributed by atoms with Gasteiger partial charge in [-0.2, -0.15) is 0 Å². The molecule has 0 spiro atoms. The minimum Gasteiger partial charge on any atom is -0.437 e. The van der Waals surface area contributed by atoms with E-state index >= 15 is 0 Å². The van der Waals surface area contributed by atoms with Gasteiger partial charge in [0, 0.05) is 6.54 Å². The zero-order chi connectivity index (χ0) is 15.2. The second kappa shape index (κ2) is 7.27. The molecule has 1 heterocycles. The molecule has 1 N–H and O–H groups in total. The average molecular weight is 306 g/mol. The maximum atomic E-state index is 6.19. The highest BCUT2D eigenvalue weighted by Crippen LogP contribution is 2.33. The van der Waals surface area contributed by atoms with Gasteiger partial charge in [0.2, 0.25) is 5.88 Å². The molecule has 4 nitrogen and oxygen atoms in total. The Kier molecular flexibility index (Phi) is 5.39. The number of hydrogen-bond acceptors (Lipinski definition) is 4. The Morgan fingerprint density at radius 1 is 1.24 bits per heavy atom. The zero-order valence-electron chi connectivity index (χ0n) is 12.6. The molecule has 0 unspecified atom stereocenters. The normalized spacial score (nSPS) is 10.5. The SMILES string of the molecule is CCCc1c(NCC)ncnc1Oc1cc(C)ccc1Cl. The second-order valence-electron chi connectivity index (χ2n) is 4.82. The van der Waals surface area contributed by atoms with Crippen LogP contribution < -0.4 is 10.1 Å². The summed E-state index contributed by atoms with van der Waals surface area (Å²) in [7, 11) is 0. The molecule has 112 valence electrons. The summed E-state index contributed by atoms with van der Waals surface area (Å²) in [5.74, 6) is 2.01. The lowest BCUT2D eigenvalue weighted by Crippen LogP contribution is -2.06. The molecule has 0 saturated heterocycles. The first-order valence-electron chi connectivity index (χ1n) is 7.17. The van der Waals surface area contributed by atoms with Gasteiger partial charge < -0.3 is 10.1 Å². The standard InChI is InChI=1S/C16H20ClN3O/c1-4-6-12-15(18-5-2)19-10-20-16(12)21-14-9-11(3)7-8-13(14)17/h7-10H,4-6H2,1-3H3,(H,18,19,20). The van der Waals surface area contributed by atoms with E-state index in [2.05, 4.69) is 22.2 Å². The fourth-order valence-corrected chi connectivity index (χ4v) is 2.23. The molecule has 5 heteroatoms. The number of anilines is 1. The fourth-order valence-electron chi connectivity index (χ4n) is 2.07. The molecule has 2 aromatic rings. The molecule has 0 saturated carbocycles. The number of benzene rings is 1. The van der Waals surface area contributed by atoms with Gasteiger partial charge in [0.1, 0.15) is 17.9 Å². The number of halogens is 1. The highest BCUT2D eigenvalue weighted by molar-refractivity contribution is 6.32. The number of aromatic nitrogens is 2. The van der Waals surface area contributed by atoms with Crippen molar-refractivity contribution >= 4 is 17.4 Å². The van der Waals surface area contributed by atoms with Gasteiger partial charge in [0.05, 0.1) is 10.6 Å². The molecule has 1 aromatic carbocycles. The maximum Gasteiger partial charge on any atom is 0.227 e. The monoisotopic (exact) mass is 305 g/mol. The van der Waals surface area contributed by atoms with Crippen LogP contribution in [-0.2, 0) is 6.42 Å². The van der Waals surface area contributed by atoms with E-state index in [1.165, 1.54) is 6.33 Å². The van der Waals surface area contributed by atoms with Crippen LogP contribution in [0.2, 0.25) is 5.02 Å². The van der Waals surface area contributed by atoms with Gasteiger partial charge in [-0.15, -0.1) is 0 Å². The van der Waals surface area contributed by atoms with Gasteiger partial charge in [-0.05, 0) is 38.0 Å². The lowest BCUT2D eigenvalue weighted by atomic mass is 10.1. The maximum absolute atomic E-state index is 6.19. The number of nitrogens with one attached hydrogen (secondary N) is 1. The molecular weight excluding hydrogens is 286 g/mol. The van der Waals surface area contributed by atoms with Gasteiger partial charge in [-0.25, -0.2) is 9.97 Å². The van der Waals surface area contributed by atoms with Crippen molar-refractivity contribution in [1.29, 1.82) is 0 Å². The van der Waals surface area contributed by atoms with E-state index in [4.69, 9.17) is 16.3 Å². The van der Waals surface area contributed by atoms with Crippen molar-refractivity contribution in [1.82, 2.24) is 9.97 Å². The molecule has 0 aliphatic heterocycles. The lowest BCUT2D eigenvalue weighted by Gasteiger charge is -2.14. The third kappa shape index (κ3) is 3.85. The summed E-state index contributed by atoms with van der Waals surface area (Å²) in [6.07, 6.45) is 3.35. The Morgan fingerprint density at radius 2 is 2.05 bits per heavy atom. The second-order valence-corrected chi connectivity index (χ2v) is 5.23. The minimum atomic E-state index is 0.565. The molecule has 0 aliphatic rings. The van der Waals surface area contributed by atoms with Crippen LogP contribution in [0.25, 0.3) is 0 Å². The number of hydrogen-bond donors (Lipinski definition) is 1. The first-order chi connectivity index (χ1) is 10.2. The van der Waals surface area contributed by atoms with Crippen molar-refractivity contribution < 1.29 is 4.74 Å². The Labute approximate surface area is 130 Å². The summed E-state index contributed by atoms with van der Waals surface area (Å²) >= 11 is 6.19. The zero-order valence-corrected chi connectivity index (χ0v) is 13.4.